The third kappa shape index (κ3) is 7.41. The summed E-state index contributed by atoms with van der Waals surface area (Å²) < 4.78 is 14.6. The molecule has 0 bridgehead atoms. The molecule has 1 aliphatic heterocycles. The van der Waals surface area contributed by atoms with Gasteiger partial charge in [-0.3, -0.25) is 5.32 Å². The van der Waals surface area contributed by atoms with Crippen molar-refractivity contribution in [1.82, 2.24) is 25.5 Å². The average molecular weight is 658 g/mol. The molecule has 5 aromatic rings. The Morgan fingerprint density at radius 3 is 1.69 bits per heavy atom. The van der Waals surface area contributed by atoms with Crippen molar-refractivity contribution in [2.24, 2.45) is 0 Å². The number of aromatic nitrogens is 4. The van der Waals surface area contributed by atoms with E-state index in [-0.39, 0.29) is 37.0 Å². The van der Waals surface area contributed by atoms with Crippen molar-refractivity contribution in [3.8, 4) is 0 Å². The van der Waals surface area contributed by atoms with E-state index in [4.69, 9.17) is 14.4 Å². The van der Waals surface area contributed by atoms with E-state index in [2.05, 4.69) is 147 Å². The molecule has 2 unspecified atom stereocenters. The van der Waals surface area contributed by atoms with Crippen LogP contribution in [0, 0.1) is 0 Å². The lowest BCUT2D eigenvalue weighted by Gasteiger charge is -2.40. The Morgan fingerprint density at radius 2 is 1.20 bits per heavy atom. The number of nitrogens with one attached hydrogen (secondary N) is 1. The van der Waals surface area contributed by atoms with Gasteiger partial charge in [-0.25, -0.2) is 4.68 Å². The minimum absolute atomic E-state index is 0.00697. The van der Waals surface area contributed by atoms with E-state index >= 15 is 0 Å². The molecular formula is C40H48BN5O3. The molecular weight excluding hydrogens is 609 g/mol. The van der Waals surface area contributed by atoms with Gasteiger partial charge in [0.2, 0.25) is 0 Å². The summed E-state index contributed by atoms with van der Waals surface area (Å²) in [6, 6.07) is 41.5. The second-order valence-electron chi connectivity index (χ2n) is 13.9. The molecule has 0 amide bonds. The van der Waals surface area contributed by atoms with Gasteiger partial charge < -0.3 is 14.4 Å². The molecule has 8 nitrogen and oxygen atoms in total. The number of hydrogen-bond acceptors (Lipinski definition) is 7. The zero-order valence-electron chi connectivity index (χ0n) is 29.1. The Kier molecular flexibility index (Phi) is 10.7. The normalized spacial score (nSPS) is 16.8. The highest BCUT2D eigenvalue weighted by atomic mass is 16.7. The molecule has 1 aromatic heterocycles. The Balaban J connectivity index is 1.41. The summed E-state index contributed by atoms with van der Waals surface area (Å²) in [5.41, 5.74) is 2.95. The van der Waals surface area contributed by atoms with Crippen molar-refractivity contribution in [3.63, 3.8) is 0 Å². The number of tetrazole rings is 1. The summed E-state index contributed by atoms with van der Waals surface area (Å²) in [6.45, 7) is 8.39. The number of hydrogen-bond donors (Lipinski definition) is 2. The van der Waals surface area contributed by atoms with Crippen LogP contribution in [0.3, 0.4) is 0 Å². The highest BCUT2D eigenvalue weighted by Gasteiger charge is 2.50. The maximum atomic E-state index is 10.2. The summed E-state index contributed by atoms with van der Waals surface area (Å²) in [5.74, 6) is 0.727. The maximum absolute atomic E-state index is 10.2. The number of unbranched alkanes of at least 4 members (excludes halogenated alkanes) is 1. The van der Waals surface area contributed by atoms with Crippen LogP contribution in [0.5, 0.6) is 0 Å². The minimum Gasteiger partial charge on any atom is -0.403 e. The quantitative estimate of drug-likeness (QED) is 0.0683. The molecule has 1 saturated heterocycles. The Labute approximate surface area is 291 Å². The lowest BCUT2D eigenvalue weighted by atomic mass is 9.76. The third-order valence-electron chi connectivity index (χ3n) is 10.2. The van der Waals surface area contributed by atoms with Crippen molar-refractivity contribution in [1.29, 1.82) is 0 Å². The van der Waals surface area contributed by atoms with Crippen LogP contribution >= 0.6 is 0 Å². The number of aliphatic hydroxyl groups excluding tert-OH is 1. The van der Waals surface area contributed by atoms with Gasteiger partial charge in [0.1, 0.15) is 0 Å². The molecule has 0 radical (unpaired) electrons. The van der Waals surface area contributed by atoms with E-state index in [1.54, 1.807) is 0 Å². The lowest BCUT2D eigenvalue weighted by Crippen LogP contribution is -2.47. The first-order valence-corrected chi connectivity index (χ1v) is 17.5. The molecule has 0 spiro atoms. The minimum atomic E-state index is -0.726. The van der Waals surface area contributed by atoms with Crippen LogP contribution in [0.1, 0.15) is 93.5 Å². The molecule has 2 N–H and O–H groups in total. The van der Waals surface area contributed by atoms with Gasteiger partial charge in [0, 0.05) is 6.61 Å². The highest BCUT2D eigenvalue weighted by Crippen LogP contribution is 2.41. The smallest absolute Gasteiger partial charge is 0.403 e. The van der Waals surface area contributed by atoms with Crippen LogP contribution in [0.4, 0.5) is 0 Å². The zero-order valence-corrected chi connectivity index (χ0v) is 29.1. The maximum Gasteiger partial charge on any atom is 0.457 e. The van der Waals surface area contributed by atoms with Gasteiger partial charge in [0.25, 0.3) is 0 Å². The van der Waals surface area contributed by atoms with Gasteiger partial charge in [0.05, 0.1) is 28.8 Å². The predicted octanol–water partition coefficient (Wildman–Crippen LogP) is 7.53. The first-order chi connectivity index (χ1) is 23.7. The summed E-state index contributed by atoms with van der Waals surface area (Å²) >= 11 is 0. The SMILES string of the molecule is CC1(C)OB(CCCCC(NC(c2ccccc2)(c2ccccc2)c2ccccc2)c2nnnn2C(CCO)c2ccccc2)OC1(C)C. The third-order valence-corrected chi connectivity index (χ3v) is 10.2. The Morgan fingerprint density at radius 1 is 0.714 bits per heavy atom. The van der Waals surface area contributed by atoms with E-state index in [0.29, 0.717) is 6.42 Å². The van der Waals surface area contributed by atoms with Crippen molar-refractivity contribution in [2.45, 2.75) is 88.5 Å². The molecule has 49 heavy (non-hydrogen) atoms. The van der Waals surface area contributed by atoms with Crippen LogP contribution in [0.25, 0.3) is 0 Å². The van der Waals surface area contributed by atoms with E-state index in [9.17, 15) is 5.11 Å². The standard InChI is InChI=1S/C40H48BN5O3/c1-38(2)39(3,4)49-41(48-38)29-18-17-27-35(37-43-44-45-46(37)36(28-30-47)31-19-9-5-10-20-31)42-40(32-21-11-6-12-22-32,33-23-13-7-14-24-33)34-25-15-8-16-26-34/h5-16,19-26,35-36,42,47H,17-18,27-30H2,1-4H3. The summed E-state index contributed by atoms with van der Waals surface area (Å²) in [4.78, 5) is 0. The van der Waals surface area contributed by atoms with Crippen LogP contribution in [0.2, 0.25) is 6.32 Å². The van der Waals surface area contributed by atoms with Gasteiger partial charge in [-0.15, -0.1) is 5.10 Å². The Bertz CT molecular complexity index is 1620. The van der Waals surface area contributed by atoms with E-state index in [1.807, 2.05) is 22.9 Å². The highest BCUT2D eigenvalue weighted by molar-refractivity contribution is 6.45. The summed E-state index contributed by atoms with van der Waals surface area (Å²) in [7, 11) is -0.245. The van der Waals surface area contributed by atoms with Gasteiger partial charge in [-0.1, -0.05) is 134 Å². The van der Waals surface area contributed by atoms with Crippen LogP contribution < -0.4 is 5.32 Å². The molecule has 9 heteroatoms. The number of nitrogens with zero attached hydrogens (tertiary/aromatic N) is 4. The van der Waals surface area contributed by atoms with Crippen LogP contribution in [-0.2, 0) is 14.8 Å². The van der Waals surface area contributed by atoms with Crippen molar-refractivity contribution in [3.05, 3.63) is 149 Å². The number of benzene rings is 4. The van der Waals surface area contributed by atoms with Gasteiger partial charge in [-0.05, 0) is 79.5 Å². The first-order valence-electron chi connectivity index (χ1n) is 17.5. The van der Waals surface area contributed by atoms with E-state index in [1.165, 1.54) is 0 Å². The second kappa shape index (κ2) is 15.2. The second-order valence-corrected chi connectivity index (χ2v) is 13.9. The number of rotatable bonds is 15. The molecule has 2 heterocycles. The molecule has 254 valence electrons. The molecule has 6 rings (SSSR count). The average Bonchev–Trinajstić information content (AvgIpc) is 3.69. The molecule has 4 aromatic carbocycles. The van der Waals surface area contributed by atoms with Gasteiger partial charge >= 0.3 is 7.12 Å². The number of aliphatic hydroxyl groups is 1. The van der Waals surface area contributed by atoms with E-state index in [0.717, 1.165) is 53.7 Å². The lowest BCUT2D eigenvalue weighted by molar-refractivity contribution is 0.00578. The fraction of sp³-hybridized carbons (Fsp3) is 0.375. The molecule has 1 fully saturated rings. The molecule has 0 aliphatic carbocycles. The van der Waals surface area contributed by atoms with Crippen molar-refractivity contribution < 1.29 is 14.4 Å². The van der Waals surface area contributed by atoms with Crippen LogP contribution in [0.15, 0.2) is 121 Å². The van der Waals surface area contributed by atoms with E-state index < -0.39 is 5.54 Å². The van der Waals surface area contributed by atoms with Crippen molar-refractivity contribution >= 4 is 7.12 Å². The molecule has 2 atom stereocenters. The monoisotopic (exact) mass is 657 g/mol. The van der Waals surface area contributed by atoms with Crippen molar-refractivity contribution in [2.75, 3.05) is 6.61 Å². The Hall–Kier alpha value is -4.15. The summed E-state index contributed by atoms with van der Waals surface area (Å²) in [5, 5.41) is 27.9. The van der Waals surface area contributed by atoms with Crippen LogP contribution in [-0.4, -0.2) is 50.2 Å². The summed E-state index contributed by atoms with van der Waals surface area (Å²) in [6.07, 6.45) is 3.83. The molecule has 1 aliphatic rings. The predicted molar refractivity (Wildman–Crippen MR) is 194 cm³/mol. The largest absolute Gasteiger partial charge is 0.457 e. The molecule has 0 saturated carbocycles. The fourth-order valence-corrected chi connectivity index (χ4v) is 6.96. The topological polar surface area (TPSA) is 94.3 Å². The van der Waals surface area contributed by atoms with Gasteiger partial charge in [0.15, 0.2) is 5.82 Å². The first kappa shape index (κ1) is 34.7. The zero-order chi connectivity index (χ0) is 34.3. The fourth-order valence-electron chi connectivity index (χ4n) is 6.96. The van der Waals surface area contributed by atoms with Gasteiger partial charge in [-0.2, -0.15) is 0 Å².